The summed E-state index contributed by atoms with van der Waals surface area (Å²) in [5.41, 5.74) is 5.63. The van der Waals surface area contributed by atoms with Crippen molar-refractivity contribution < 1.29 is 9.53 Å². The Kier molecular flexibility index (Phi) is 8.07. The zero-order valence-corrected chi connectivity index (χ0v) is 12.6. The van der Waals surface area contributed by atoms with Gasteiger partial charge in [0.1, 0.15) is 0 Å². The van der Waals surface area contributed by atoms with E-state index < -0.39 is 0 Å². The SMILES string of the molecule is CCCCCCCCC(=O)N1CC(C)OC(CN)C1. The zero-order chi connectivity index (χ0) is 14.1. The van der Waals surface area contributed by atoms with E-state index in [0.717, 1.165) is 6.42 Å². The van der Waals surface area contributed by atoms with Gasteiger partial charge in [0.2, 0.25) is 5.91 Å². The van der Waals surface area contributed by atoms with Gasteiger partial charge in [-0.25, -0.2) is 0 Å². The zero-order valence-electron chi connectivity index (χ0n) is 12.6. The molecule has 4 heteroatoms. The molecule has 1 aliphatic rings. The van der Waals surface area contributed by atoms with Crippen LogP contribution in [0.1, 0.15) is 58.8 Å². The Morgan fingerprint density at radius 2 is 1.89 bits per heavy atom. The van der Waals surface area contributed by atoms with Crippen LogP contribution in [-0.2, 0) is 9.53 Å². The molecule has 2 N–H and O–H groups in total. The van der Waals surface area contributed by atoms with E-state index in [-0.39, 0.29) is 18.1 Å². The fourth-order valence-corrected chi connectivity index (χ4v) is 2.59. The number of amides is 1. The number of hydrogen-bond acceptors (Lipinski definition) is 3. The molecule has 0 saturated carbocycles. The van der Waals surface area contributed by atoms with Crippen molar-refractivity contribution in [2.24, 2.45) is 5.73 Å². The quantitative estimate of drug-likeness (QED) is 0.689. The molecule has 1 rings (SSSR count). The Balaban J connectivity index is 2.17. The third-order valence-electron chi connectivity index (χ3n) is 3.69. The number of carbonyl (C=O) groups is 1. The molecule has 4 nitrogen and oxygen atoms in total. The molecule has 1 heterocycles. The van der Waals surface area contributed by atoms with Crippen molar-refractivity contribution in [3.8, 4) is 0 Å². The van der Waals surface area contributed by atoms with Gasteiger partial charge < -0.3 is 15.4 Å². The van der Waals surface area contributed by atoms with Crippen molar-refractivity contribution >= 4 is 5.91 Å². The second kappa shape index (κ2) is 9.32. The van der Waals surface area contributed by atoms with E-state index in [1.807, 2.05) is 11.8 Å². The number of unbranched alkanes of at least 4 members (excludes halogenated alkanes) is 5. The first-order chi connectivity index (χ1) is 9.17. The standard InChI is InChI=1S/C15H30N2O2/c1-3-4-5-6-7-8-9-15(18)17-11-13(2)19-14(10-16)12-17/h13-14H,3-12,16H2,1-2H3. The molecular formula is C15H30N2O2. The van der Waals surface area contributed by atoms with E-state index in [4.69, 9.17) is 10.5 Å². The fourth-order valence-electron chi connectivity index (χ4n) is 2.59. The lowest BCUT2D eigenvalue weighted by molar-refractivity contribution is -0.143. The highest BCUT2D eigenvalue weighted by Crippen LogP contribution is 2.13. The van der Waals surface area contributed by atoms with Gasteiger partial charge in [-0.15, -0.1) is 0 Å². The maximum Gasteiger partial charge on any atom is 0.222 e. The van der Waals surface area contributed by atoms with Crippen LogP contribution in [0.15, 0.2) is 0 Å². The smallest absolute Gasteiger partial charge is 0.222 e. The van der Waals surface area contributed by atoms with Gasteiger partial charge in [0, 0.05) is 26.1 Å². The van der Waals surface area contributed by atoms with Crippen LogP contribution in [0, 0.1) is 0 Å². The minimum atomic E-state index is 0.0113. The van der Waals surface area contributed by atoms with Crippen LogP contribution >= 0.6 is 0 Å². The minimum absolute atomic E-state index is 0.0113. The van der Waals surface area contributed by atoms with Crippen LogP contribution in [0.2, 0.25) is 0 Å². The number of carbonyl (C=O) groups excluding carboxylic acids is 1. The third kappa shape index (κ3) is 6.39. The highest BCUT2D eigenvalue weighted by Gasteiger charge is 2.26. The topological polar surface area (TPSA) is 55.6 Å². The molecule has 2 unspecified atom stereocenters. The van der Waals surface area contributed by atoms with Gasteiger partial charge in [0.25, 0.3) is 0 Å². The second-order valence-corrected chi connectivity index (χ2v) is 5.62. The normalized spacial score (nSPS) is 23.6. The average molecular weight is 270 g/mol. The maximum absolute atomic E-state index is 12.1. The lowest BCUT2D eigenvalue weighted by Crippen LogP contribution is -2.51. The Bertz CT molecular complexity index is 259. The predicted octanol–water partition coefficient (Wildman–Crippen LogP) is 2.31. The molecule has 0 aromatic carbocycles. The summed E-state index contributed by atoms with van der Waals surface area (Å²) in [7, 11) is 0. The number of morpholine rings is 1. The van der Waals surface area contributed by atoms with Crippen molar-refractivity contribution in [3.05, 3.63) is 0 Å². The largest absolute Gasteiger partial charge is 0.370 e. The monoisotopic (exact) mass is 270 g/mol. The van der Waals surface area contributed by atoms with Crippen LogP contribution in [0.5, 0.6) is 0 Å². The van der Waals surface area contributed by atoms with Crippen LogP contribution < -0.4 is 5.73 Å². The predicted molar refractivity (Wildman–Crippen MR) is 78.0 cm³/mol. The Morgan fingerprint density at radius 3 is 2.58 bits per heavy atom. The van der Waals surface area contributed by atoms with Crippen LogP contribution in [0.3, 0.4) is 0 Å². The van der Waals surface area contributed by atoms with Gasteiger partial charge in [-0.05, 0) is 13.3 Å². The number of nitrogens with zero attached hydrogens (tertiary/aromatic N) is 1. The Morgan fingerprint density at radius 1 is 1.21 bits per heavy atom. The summed E-state index contributed by atoms with van der Waals surface area (Å²) >= 11 is 0. The van der Waals surface area contributed by atoms with Gasteiger partial charge in [-0.2, -0.15) is 0 Å². The molecule has 0 aromatic rings. The van der Waals surface area contributed by atoms with Gasteiger partial charge in [-0.3, -0.25) is 4.79 Å². The molecule has 0 bridgehead atoms. The molecule has 0 aliphatic carbocycles. The number of hydrogen-bond donors (Lipinski definition) is 1. The van der Waals surface area contributed by atoms with Gasteiger partial charge >= 0.3 is 0 Å². The van der Waals surface area contributed by atoms with Crippen molar-refractivity contribution in [3.63, 3.8) is 0 Å². The molecular weight excluding hydrogens is 240 g/mol. The summed E-state index contributed by atoms with van der Waals surface area (Å²) in [6, 6.07) is 0. The molecule has 2 atom stereocenters. The summed E-state index contributed by atoms with van der Waals surface area (Å²) < 4.78 is 5.67. The van der Waals surface area contributed by atoms with Crippen molar-refractivity contribution in [1.82, 2.24) is 4.90 Å². The summed E-state index contributed by atoms with van der Waals surface area (Å²) in [6.45, 7) is 6.09. The van der Waals surface area contributed by atoms with Gasteiger partial charge in [0.15, 0.2) is 0 Å². The molecule has 0 radical (unpaired) electrons. The summed E-state index contributed by atoms with van der Waals surface area (Å²) in [4.78, 5) is 14.1. The summed E-state index contributed by atoms with van der Waals surface area (Å²) in [6.07, 6.45) is 8.12. The Hall–Kier alpha value is -0.610. The van der Waals surface area contributed by atoms with Crippen molar-refractivity contribution in [2.75, 3.05) is 19.6 Å². The van der Waals surface area contributed by atoms with E-state index in [2.05, 4.69) is 6.92 Å². The van der Waals surface area contributed by atoms with Gasteiger partial charge in [0.05, 0.1) is 12.2 Å². The van der Waals surface area contributed by atoms with Crippen molar-refractivity contribution in [1.29, 1.82) is 0 Å². The molecule has 19 heavy (non-hydrogen) atoms. The first-order valence-electron chi connectivity index (χ1n) is 7.80. The minimum Gasteiger partial charge on any atom is -0.370 e. The molecule has 1 aliphatic heterocycles. The molecule has 1 amide bonds. The van der Waals surface area contributed by atoms with E-state index in [1.54, 1.807) is 0 Å². The maximum atomic E-state index is 12.1. The van der Waals surface area contributed by atoms with E-state index >= 15 is 0 Å². The lowest BCUT2D eigenvalue weighted by Gasteiger charge is -2.36. The second-order valence-electron chi connectivity index (χ2n) is 5.62. The first kappa shape index (κ1) is 16.4. The molecule has 1 saturated heterocycles. The highest BCUT2D eigenvalue weighted by atomic mass is 16.5. The average Bonchev–Trinajstić information content (AvgIpc) is 2.41. The first-order valence-corrected chi connectivity index (χ1v) is 7.80. The molecule has 0 aromatic heterocycles. The highest BCUT2D eigenvalue weighted by molar-refractivity contribution is 5.76. The molecule has 0 spiro atoms. The van der Waals surface area contributed by atoms with Crippen molar-refractivity contribution in [2.45, 2.75) is 71.0 Å². The van der Waals surface area contributed by atoms with E-state index in [1.165, 1.54) is 32.1 Å². The van der Waals surface area contributed by atoms with E-state index in [0.29, 0.717) is 26.1 Å². The molecule has 112 valence electrons. The van der Waals surface area contributed by atoms with E-state index in [9.17, 15) is 4.79 Å². The number of nitrogens with two attached hydrogens (primary N) is 1. The lowest BCUT2D eigenvalue weighted by atomic mass is 10.1. The number of ether oxygens (including phenoxy) is 1. The summed E-state index contributed by atoms with van der Waals surface area (Å²) in [5, 5.41) is 0. The Labute approximate surface area is 117 Å². The molecule has 1 fully saturated rings. The van der Waals surface area contributed by atoms with Crippen LogP contribution in [0.4, 0.5) is 0 Å². The van der Waals surface area contributed by atoms with Crippen LogP contribution in [-0.4, -0.2) is 42.6 Å². The fraction of sp³-hybridized carbons (Fsp3) is 0.933. The number of rotatable bonds is 8. The van der Waals surface area contributed by atoms with Gasteiger partial charge in [-0.1, -0.05) is 39.0 Å². The van der Waals surface area contributed by atoms with Crippen LogP contribution in [0.25, 0.3) is 0 Å². The summed E-state index contributed by atoms with van der Waals surface area (Å²) in [5.74, 6) is 0.268. The third-order valence-corrected chi connectivity index (χ3v) is 3.69.